The Morgan fingerprint density at radius 2 is 1.69 bits per heavy atom. The van der Waals surface area contributed by atoms with Crippen molar-refractivity contribution in [2.75, 3.05) is 0 Å². The number of nitrogens with zero attached hydrogens (tertiary/aromatic N) is 1. The van der Waals surface area contributed by atoms with Gasteiger partial charge in [0.1, 0.15) is 11.9 Å². The fourth-order valence-electron chi connectivity index (χ4n) is 3.91. The van der Waals surface area contributed by atoms with E-state index < -0.39 is 6.04 Å². The van der Waals surface area contributed by atoms with E-state index in [1.807, 2.05) is 30.3 Å². The molecule has 5 heteroatoms. The van der Waals surface area contributed by atoms with Crippen LogP contribution in [0.5, 0.6) is 0 Å². The third-order valence-electron chi connectivity index (χ3n) is 5.54. The Bertz CT molecular complexity index is 801. The number of rotatable bonds is 8. The second kappa shape index (κ2) is 10.2. The first-order chi connectivity index (χ1) is 14.1. The van der Waals surface area contributed by atoms with Crippen molar-refractivity contribution in [1.29, 1.82) is 0 Å². The van der Waals surface area contributed by atoms with E-state index in [4.69, 9.17) is 0 Å². The highest BCUT2D eigenvalue weighted by Gasteiger charge is 2.31. The molecule has 1 atom stereocenters. The number of carbonyl (C=O) groups is 2. The molecule has 3 rings (SSSR count). The van der Waals surface area contributed by atoms with Crippen LogP contribution < -0.4 is 5.32 Å². The Morgan fingerprint density at radius 1 is 1.03 bits per heavy atom. The smallest absolute Gasteiger partial charge is 0.243 e. The molecule has 0 heterocycles. The van der Waals surface area contributed by atoms with Crippen LogP contribution >= 0.6 is 0 Å². The molecular weight excluding hydrogens is 367 g/mol. The summed E-state index contributed by atoms with van der Waals surface area (Å²) in [4.78, 5) is 27.7. The molecule has 1 aliphatic rings. The standard InChI is InChI=1S/C24H29FN2O2/c1-2-23(28)27(17-19-12-14-20(25)15-13-19)22(16-18-8-4-3-5-9-18)24(29)26-21-10-6-7-11-21/h3-5,8-9,12-15,21-22H,2,6-7,10-11,16-17H2,1H3,(H,26,29)/t22-/m1/s1. The van der Waals surface area contributed by atoms with Gasteiger partial charge in [-0.3, -0.25) is 9.59 Å². The number of hydrogen-bond donors (Lipinski definition) is 1. The van der Waals surface area contributed by atoms with E-state index in [0.717, 1.165) is 36.8 Å². The van der Waals surface area contributed by atoms with Crippen LogP contribution in [0.25, 0.3) is 0 Å². The molecule has 1 saturated carbocycles. The van der Waals surface area contributed by atoms with Crippen LogP contribution in [0, 0.1) is 5.82 Å². The van der Waals surface area contributed by atoms with Crippen LogP contribution in [0.1, 0.15) is 50.2 Å². The van der Waals surface area contributed by atoms with Crippen molar-refractivity contribution in [2.24, 2.45) is 0 Å². The lowest BCUT2D eigenvalue weighted by molar-refractivity contribution is -0.141. The molecule has 0 unspecified atom stereocenters. The fraction of sp³-hybridized carbons (Fsp3) is 0.417. The normalized spacial score (nSPS) is 15.1. The quantitative estimate of drug-likeness (QED) is 0.726. The Kier molecular flexibility index (Phi) is 7.39. The number of nitrogens with one attached hydrogen (secondary N) is 1. The van der Waals surface area contributed by atoms with Crippen LogP contribution in [0.3, 0.4) is 0 Å². The molecule has 154 valence electrons. The largest absolute Gasteiger partial charge is 0.352 e. The van der Waals surface area contributed by atoms with E-state index in [1.165, 1.54) is 12.1 Å². The predicted molar refractivity (Wildman–Crippen MR) is 112 cm³/mol. The van der Waals surface area contributed by atoms with Gasteiger partial charge in [0.05, 0.1) is 0 Å². The molecule has 1 aliphatic carbocycles. The van der Waals surface area contributed by atoms with E-state index in [1.54, 1.807) is 24.0 Å². The highest BCUT2D eigenvalue weighted by molar-refractivity contribution is 5.88. The van der Waals surface area contributed by atoms with Crippen LogP contribution in [0.4, 0.5) is 4.39 Å². The highest BCUT2D eigenvalue weighted by atomic mass is 19.1. The van der Waals surface area contributed by atoms with Crippen molar-refractivity contribution in [1.82, 2.24) is 10.2 Å². The van der Waals surface area contributed by atoms with E-state index in [0.29, 0.717) is 12.8 Å². The Hall–Kier alpha value is -2.69. The lowest BCUT2D eigenvalue weighted by atomic mass is 10.0. The highest BCUT2D eigenvalue weighted by Crippen LogP contribution is 2.20. The van der Waals surface area contributed by atoms with Gasteiger partial charge >= 0.3 is 0 Å². The summed E-state index contributed by atoms with van der Waals surface area (Å²) in [5.74, 6) is -0.511. The lowest BCUT2D eigenvalue weighted by Crippen LogP contribution is -2.52. The zero-order valence-corrected chi connectivity index (χ0v) is 16.9. The third kappa shape index (κ3) is 5.89. The van der Waals surface area contributed by atoms with Gasteiger partial charge < -0.3 is 10.2 Å². The van der Waals surface area contributed by atoms with Crippen LogP contribution in [0.2, 0.25) is 0 Å². The molecular formula is C24H29FN2O2. The van der Waals surface area contributed by atoms with E-state index in [2.05, 4.69) is 5.32 Å². The minimum Gasteiger partial charge on any atom is -0.352 e. The second-order valence-electron chi connectivity index (χ2n) is 7.70. The molecule has 2 aromatic carbocycles. The van der Waals surface area contributed by atoms with Crippen molar-refractivity contribution in [3.05, 3.63) is 71.5 Å². The monoisotopic (exact) mass is 396 g/mol. The van der Waals surface area contributed by atoms with Crippen LogP contribution in [-0.2, 0) is 22.6 Å². The summed E-state index contributed by atoms with van der Waals surface area (Å²) >= 11 is 0. The third-order valence-corrected chi connectivity index (χ3v) is 5.54. The zero-order valence-electron chi connectivity index (χ0n) is 16.9. The maximum absolute atomic E-state index is 13.3. The first kappa shape index (κ1) is 21.0. The van der Waals surface area contributed by atoms with E-state index in [9.17, 15) is 14.0 Å². The molecule has 0 aromatic heterocycles. The summed E-state index contributed by atoms with van der Waals surface area (Å²) in [5.41, 5.74) is 1.81. The zero-order chi connectivity index (χ0) is 20.6. The van der Waals surface area contributed by atoms with Crippen molar-refractivity contribution < 1.29 is 14.0 Å². The minimum absolute atomic E-state index is 0.0863. The molecule has 0 radical (unpaired) electrons. The Balaban J connectivity index is 1.86. The first-order valence-corrected chi connectivity index (χ1v) is 10.4. The van der Waals surface area contributed by atoms with Crippen molar-refractivity contribution in [2.45, 2.75) is 64.1 Å². The van der Waals surface area contributed by atoms with E-state index in [-0.39, 0.29) is 30.2 Å². The van der Waals surface area contributed by atoms with Gasteiger partial charge in [0.25, 0.3) is 0 Å². The minimum atomic E-state index is -0.601. The number of carbonyl (C=O) groups excluding carboxylic acids is 2. The van der Waals surface area contributed by atoms with Gasteiger partial charge in [-0.25, -0.2) is 4.39 Å². The summed E-state index contributed by atoms with van der Waals surface area (Å²) in [6.07, 6.45) is 4.99. The maximum Gasteiger partial charge on any atom is 0.243 e. The number of halogens is 1. The lowest BCUT2D eigenvalue weighted by Gasteiger charge is -2.32. The van der Waals surface area contributed by atoms with Crippen molar-refractivity contribution in [3.63, 3.8) is 0 Å². The Morgan fingerprint density at radius 3 is 2.31 bits per heavy atom. The summed E-state index contributed by atoms with van der Waals surface area (Å²) in [6, 6.07) is 15.4. The molecule has 1 fully saturated rings. The molecule has 2 aromatic rings. The number of amides is 2. The van der Waals surface area contributed by atoms with Crippen molar-refractivity contribution >= 4 is 11.8 Å². The average molecular weight is 397 g/mol. The molecule has 1 N–H and O–H groups in total. The van der Waals surface area contributed by atoms with Gasteiger partial charge in [-0.1, -0.05) is 62.2 Å². The Labute approximate surface area is 172 Å². The van der Waals surface area contributed by atoms with Gasteiger partial charge in [0.2, 0.25) is 11.8 Å². The molecule has 0 aliphatic heterocycles. The predicted octanol–water partition coefficient (Wildman–Crippen LogP) is 4.23. The molecule has 0 spiro atoms. The van der Waals surface area contributed by atoms with Crippen molar-refractivity contribution in [3.8, 4) is 0 Å². The number of hydrogen-bond acceptors (Lipinski definition) is 2. The molecule has 0 bridgehead atoms. The fourth-order valence-corrected chi connectivity index (χ4v) is 3.91. The maximum atomic E-state index is 13.3. The summed E-state index contributed by atoms with van der Waals surface area (Å²) in [7, 11) is 0. The number of benzene rings is 2. The van der Waals surface area contributed by atoms with Gasteiger partial charge in [0, 0.05) is 25.4 Å². The summed E-state index contributed by atoms with van der Waals surface area (Å²) in [6.45, 7) is 2.08. The SMILES string of the molecule is CCC(=O)N(Cc1ccc(F)cc1)[C@H](Cc1ccccc1)C(=O)NC1CCCC1. The second-order valence-corrected chi connectivity index (χ2v) is 7.70. The summed E-state index contributed by atoms with van der Waals surface area (Å²) in [5, 5.41) is 3.16. The van der Waals surface area contributed by atoms with Gasteiger partial charge in [-0.05, 0) is 36.1 Å². The van der Waals surface area contributed by atoms with Gasteiger partial charge in [0.15, 0.2) is 0 Å². The van der Waals surface area contributed by atoms with Crippen LogP contribution in [0.15, 0.2) is 54.6 Å². The van der Waals surface area contributed by atoms with E-state index >= 15 is 0 Å². The molecule has 29 heavy (non-hydrogen) atoms. The van der Waals surface area contributed by atoms with Crippen LogP contribution in [-0.4, -0.2) is 28.8 Å². The van der Waals surface area contributed by atoms with Gasteiger partial charge in [-0.15, -0.1) is 0 Å². The molecule has 0 saturated heterocycles. The van der Waals surface area contributed by atoms with Gasteiger partial charge in [-0.2, -0.15) is 0 Å². The average Bonchev–Trinajstić information content (AvgIpc) is 3.25. The first-order valence-electron chi connectivity index (χ1n) is 10.4. The summed E-state index contributed by atoms with van der Waals surface area (Å²) < 4.78 is 13.3. The molecule has 4 nitrogen and oxygen atoms in total. The topological polar surface area (TPSA) is 49.4 Å². The molecule has 2 amide bonds.